The van der Waals surface area contributed by atoms with Crippen molar-refractivity contribution in [3.63, 3.8) is 0 Å². The number of carbonyl (C=O) groups is 3. The number of hydrogen-bond acceptors (Lipinski definition) is 6. The summed E-state index contributed by atoms with van der Waals surface area (Å²) >= 11 is 0. The molecule has 1 aliphatic rings. The van der Waals surface area contributed by atoms with E-state index in [-0.39, 0.29) is 31.0 Å². The number of rotatable bonds is 5. The van der Waals surface area contributed by atoms with E-state index in [9.17, 15) is 14.4 Å². The number of amides is 3. The van der Waals surface area contributed by atoms with Gasteiger partial charge in [-0.05, 0) is 24.3 Å². The quantitative estimate of drug-likeness (QED) is 0.734. The third kappa shape index (κ3) is 4.75. The minimum atomic E-state index is -0.557. The summed E-state index contributed by atoms with van der Waals surface area (Å²) in [6.45, 7) is -0.0245. The predicted molar refractivity (Wildman–Crippen MR) is 104 cm³/mol. The highest BCUT2D eigenvalue weighted by atomic mass is 16.5. The number of methoxy groups -OCH3 is 2. The molecule has 1 aliphatic heterocycles. The largest absolute Gasteiger partial charge is 0.497 e. The van der Waals surface area contributed by atoms with Crippen LogP contribution < -0.4 is 30.0 Å². The molecule has 2 aromatic carbocycles. The first-order valence-corrected chi connectivity index (χ1v) is 8.86. The number of benzene rings is 2. The molecule has 9 nitrogen and oxygen atoms in total. The number of carbonyl (C=O) groups excluding carboxylic acids is 3. The molecule has 2 aromatic rings. The van der Waals surface area contributed by atoms with Crippen molar-refractivity contribution >= 4 is 23.4 Å². The molecule has 0 unspecified atom stereocenters. The lowest BCUT2D eigenvalue weighted by atomic mass is 10.2. The number of hydrogen-bond donors (Lipinski definition) is 2. The van der Waals surface area contributed by atoms with Crippen molar-refractivity contribution < 1.29 is 28.6 Å². The number of nitrogens with zero attached hydrogens (tertiary/aromatic N) is 1. The van der Waals surface area contributed by atoms with Gasteiger partial charge in [-0.1, -0.05) is 12.1 Å². The van der Waals surface area contributed by atoms with Crippen LogP contribution >= 0.6 is 0 Å². The lowest BCUT2D eigenvalue weighted by Crippen LogP contribution is -2.47. The van der Waals surface area contributed by atoms with Crippen molar-refractivity contribution in [3.05, 3.63) is 48.0 Å². The standard InChI is InChI=1S/C20H21N3O6/c1-27-14-9-13(10-15(11-14)28-2)20(26)22-21-18(24)12-23-16-5-3-4-6-17(16)29-8-7-19(23)25/h3-6,9-11H,7-8,12H2,1-2H3,(H,21,24)(H,22,26). The smallest absolute Gasteiger partial charge is 0.269 e. The van der Waals surface area contributed by atoms with Crippen LogP contribution in [0.1, 0.15) is 16.8 Å². The normalized spacial score (nSPS) is 12.9. The van der Waals surface area contributed by atoms with E-state index in [0.717, 1.165) is 0 Å². The van der Waals surface area contributed by atoms with E-state index in [1.165, 1.54) is 31.3 Å². The summed E-state index contributed by atoms with van der Waals surface area (Å²) in [5.74, 6) is 0.0487. The van der Waals surface area contributed by atoms with E-state index in [1.807, 2.05) is 0 Å². The Morgan fingerprint density at radius 3 is 2.45 bits per heavy atom. The van der Waals surface area contributed by atoms with E-state index in [2.05, 4.69) is 10.9 Å². The van der Waals surface area contributed by atoms with Crippen molar-refractivity contribution in [1.29, 1.82) is 0 Å². The molecule has 1 heterocycles. The zero-order valence-electron chi connectivity index (χ0n) is 16.1. The molecule has 29 heavy (non-hydrogen) atoms. The van der Waals surface area contributed by atoms with Crippen molar-refractivity contribution in [2.45, 2.75) is 6.42 Å². The Morgan fingerprint density at radius 1 is 1.07 bits per heavy atom. The van der Waals surface area contributed by atoms with Gasteiger partial charge in [0, 0.05) is 11.6 Å². The van der Waals surface area contributed by atoms with E-state index >= 15 is 0 Å². The molecule has 3 rings (SSSR count). The van der Waals surface area contributed by atoms with E-state index in [1.54, 1.807) is 30.3 Å². The molecule has 0 saturated heterocycles. The summed E-state index contributed by atoms with van der Waals surface area (Å²) in [4.78, 5) is 38.4. The molecule has 0 atom stereocenters. The van der Waals surface area contributed by atoms with E-state index in [0.29, 0.717) is 22.9 Å². The number of para-hydroxylation sites is 2. The molecule has 0 aromatic heterocycles. The fourth-order valence-electron chi connectivity index (χ4n) is 2.81. The zero-order valence-corrected chi connectivity index (χ0v) is 16.1. The van der Waals surface area contributed by atoms with Gasteiger partial charge in [-0.3, -0.25) is 30.1 Å². The van der Waals surface area contributed by atoms with Gasteiger partial charge in [0.15, 0.2) is 0 Å². The van der Waals surface area contributed by atoms with Gasteiger partial charge in [-0.2, -0.15) is 0 Å². The first-order valence-electron chi connectivity index (χ1n) is 8.86. The van der Waals surface area contributed by atoms with Gasteiger partial charge in [0.2, 0.25) is 5.91 Å². The second kappa shape index (κ2) is 8.96. The van der Waals surface area contributed by atoms with Crippen LogP contribution in [0.15, 0.2) is 42.5 Å². The summed E-state index contributed by atoms with van der Waals surface area (Å²) in [5.41, 5.74) is 5.40. The Morgan fingerprint density at radius 2 is 1.76 bits per heavy atom. The van der Waals surface area contributed by atoms with Gasteiger partial charge >= 0.3 is 0 Å². The number of hydrazine groups is 1. The topological polar surface area (TPSA) is 106 Å². The Bertz CT molecular complexity index is 908. The highest BCUT2D eigenvalue weighted by Crippen LogP contribution is 2.30. The SMILES string of the molecule is COc1cc(OC)cc(C(=O)NNC(=O)CN2C(=O)CCOc3ccccc32)c1. The van der Waals surface area contributed by atoms with Crippen molar-refractivity contribution in [2.24, 2.45) is 0 Å². The van der Waals surface area contributed by atoms with Gasteiger partial charge in [0.25, 0.3) is 11.8 Å². The maximum absolute atomic E-state index is 12.4. The molecule has 2 N–H and O–H groups in total. The van der Waals surface area contributed by atoms with E-state index in [4.69, 9.17) is 14.2 Å². The maximum Gasteiger partial charge on any atom is 0.269 e. The molecular weight excluding hydrogens is 378 g/mol. The molecule has 0 fully saturated rings. The molecule has 0 spiro atoms. The Kier molecular flexibility index (Phi) is 6.18. The monoisotopic (exact) mass is 399 g/mol. The number of fused-ring (bicyclic) bond motifs is 1. The molecule has 0 saturated carbocycles. The Hall–Kier alpha value is -3.75. The first kappa shape index (κ1) is 20.0. The summed E-state index contributed by atoms with van der Waals surface area (Å²) in [6.07, 6.45) is 0.151. The van der Waals surface area contributed by atoms with Crippen LogP contribution in [0.5, 0.6) is 17.2 Å². The van der Waals surface area contributed by atoms with Crippen LogP contribution in [0.3, 0.4) is 0 Å². The zero-order chi connectivity index (χ0) is 20.8. The molecule has 3 amide bonds. The van der Waals surface area contributed by atoms with Crippen LogP contribution in [-0.4, -0.2) is 45.1 Å². The minimum Gasteiger partial charge on any atom is -0.497 e. The first-order chi connectivity index (χ1) is 14.0. The molecular formula is C20H21N3O6. The Labute approximate surface area is 167 Å². The van der Waals surface area contributed by atoms with E-state index < -0.39 is 11.8 Å². The lowest BCUT2D eigenvalue weighted by molar-refractivity contribution is -0.124. The van der Waals surface area contributed by atoms with Gasteiger partial charge < -0.3 is 14.2 Å². The molecule has 0 bridgehead atoms. The average Bonchev–Trinajstić information content (AvgIpc) is 2.90. The van der Waals surface area contributed by atoms with Gasteiger partial charge in [0.1, 0.15) is 23.8 Å². The second-order valence-corrected chi connectivity index (χ2v) is 6.15. The van der Waals surface area contributed by atoms with Crippen molar-refractivity contribution in [3.8, 4) is 17.2 Å². The van der Waals surface area contributed by atoms with Crippen molar-refractivity contribution in [2.75, 3.05) is 32.3 Å². The lowest BCUT2D eigenvalue weighted by Gasteiger charge is -2.21. The molecule has 0 aliphatic carbocycles. The fourth-order valence-corrected chi connectivity index (χ4v) is 2.81. The summed E-state index contributed by atoms with van der Waals surface area (Å²) in [7, 11) is 2.94. The van der Waals surface area contributed by atoms with Gasteiger partial charge in [-0.15, -0.1) is 0 Å². The number of anilines is 1. The third-order valence-corrected chi connectivity index (χ3v) is 4.26. The summed E-state index contributed by atoms with van der Waals surface area (Å²) in [6, 6.07) is 11.6. The third-order valence-electron chi connectivity index (χ3n) is 4.26. The van der Waals surface area contributed by atoms with Crippen LogP contribution in [0, 0.1) is 0 Å². The number of nitrogens with one attached hydrogen (secondary N) is 2. The molecule has 152 valence electrons. The highest BCUT2D eigenvalue weighted by Gasteiger charge is 2.25. The maximum atomic E-state index is 12.4. The summed E-state index contributed by atoms with van der Waals surface area (Å²) < 4.78 is 15.8. The minimum absolute atomic E-state index is 0.151. The van der Waals surface area contributed by atoms with Crippen LogP contribution in [0.25, 0.3) is 0 Å². The van der Waals surface area contributed by atoms with Gasteiger partial charge in [-0.25, -0.2) is 0 Å². The molecule has 0 radical (unpaired) electrons. The summed E-state index contributed by atoms with van der Waals surface area (Å²) in [5, 5.41) is 0. The predicted octanol–water partition coefficient (Wildman–Crippen LogP) is 1.28. The number of ether oxygens (including phenoxy) is 3. The second-order valence-electron chi connectivity index (χ2n) is 6.15. The van der Waals surface area contributed by atoms with Crippen LogP contribution in [-0.2, 0) is 9.59 Å². The van der Waals surface area contributed by atoms with Gasteiger partial charge in [0.05, 0.1) is 32.9 Å². The van der Waals surface area contributed by atoms with Crippen molar-refractivity contribution in [1.82, 2.24) is 10.9 Å². The average molecular weight is 399 g/mol. The van der Waals surface area contributed by atoms with Crippen LogP contribution in [0.2, 0.25) is 0 Å². The highest BCUT2D eigenvalue weighted by molar-refractivity contribution is 6.01. The fraction of sp³-hybridized carbons (Fsp3) is 0.250. The van der Waals surface area contributed by atoms with Crippen LogP contribution in [0.4, 0.5) is 5.69 Å². The Balaban J connectivity index is 1.65. The molecule has 9 heteroatoms.